The molecule has 23 heavy (non-hydrogen) atoms. The van der Waals surface area contributed by atoms with E-state index in [1.807, 2.05) is 17.0 Å². The van der Waals surface area contributed by atoms with Crippen LogP contribution in [0.3, 0.4) is 0 Å². The van der Waals surface area contributed by atoms with Gasteiger partial charge in [-0.05, 0) is 18.6 Å². The molecule has 8 heteroatoms. The van der Waals surface area contributed by atoms with Crippen LogP contribution < -0.4 is 5.32 Å². The zero-order valence-corrected chi connectivity index (χ0v) is 13.8. The second kappa shape index (κ2) is 7.47. The number of nitrogens with one attached hydrogen (secondary N) is 1. The number of rotatable bonds is 6. The van der Waals surface area contributed by atoms with E-state index < -0.39 is 0 Å². The Labute approximate surface area is 138 Å². The smallest absolute Gasteiger partial charge is 0.272 e. The molecule has 0 aromatic carbocycles. The maximum absolute atomic E-state index is 12.4. The topological polar surface area (TPSA) is 80.2 Å². The quantitative estimate of drug-likeness (QED) is 0.862. The number of anilines is 1. The van der Waals surface area contributed by atoms with Gasteiger partial charge in [-0.2, -0.15) is 4.37 Å². The first-order valence-corrected chi connectivity index (χ1v) is 8.32. The summed E-state index contributed by atoms with van der Waals surface area (Å²) in [5, 5.41) is 4.16. The molecule has 1 amide bonds. The van der Waals surface area contributed by atoms with Gasteiger partial charge in [0.15, 0.2) is 0 Å². The number of carbonyl (C=O) groups is 1. The van der Waals surface area contributed by atoms with Gasteiger partial charge in [0, 0.05) is 50.4 Å². The van der Waals surface area contributed by atoms with E-state index in [1.54, 1.807) is 19.4 Å². The molecule has 3 heterocycles. The molecule has 0 saturated carbocycles. The highest BCUT2D eigenvalue weighted by atomic mass is 32.1. The maximum atomic E-state index is 12.4. The molecule has 1 aliphatic heterocycles. The Morgan fingerprint density at radius 3 is 3.22 bits per heavy atom. The number of likely N-dealkylation sites (tertiary alicyclic amines) is 1. The highest BCUT2D eigenvalue weighted by molar-refractivity contribution is 7.09. The van der Waals surface area contributed by atoms with Crippen LogP contribution in [-0.2, 0) is 11.2 Å². The summed E-state index contributed by atoms with van der Waals surface area (Å²) in [5.74, 6) is 0.770. The molecule has 3 rings (SSSR count). The third-order valence-electron chi connectivity index (χ3n) is 3.68. The van der Waals surface area contributed by atoms with Crippen molar-refractivity contribution >= 4 is 22.6 Å². The Hall–Kier alpha value is -2.06. The number of hydrogen-bond acceptors (Lipinski definition) is 7. The molecule has 1 unspecified atom stereocenters. The van der Waals surface area contributed by atoms with Crippen molar-refractivity contribution in [2.75, 3.05) is 32.1 Å². The third-order valence-corrected chi connectivity index (χ3v) is 4.37. The standard InChI is InChI=1S/C15H19N5O2S/c1-22-9-6-13-18-15(23-19-13)17-11-5-8-20(10-11)14(21)12-4-2-3-7-16-12/h2-4,7,11H,5-6,8-10H2,1H3,(H,17,18,19). The summed E-state index contributed by atoms with van der Waals surface area (Å²) in [6.45, 7) is 2.00. The highest BCUT2D eigenvalue weighted by Crippen LogP contribution is 2.19. The van der Waals surface area contributed by atoms with Crippen LogP contribution in [0, 0.1) is 0 Å². The fourth-order valence-corrected chi connectivity index (χ4v) is 3.19. The fraction of sp³-hybridized carbons (Fsp3) is 0.467. The number of ether oxygens (including phenoxy) is 1. The van der Waals surface area contributed by atoms with Gasteiger partial charge in [0.25, 0.3) is 5.91 Å². The molecule has 0 aliphatic carbocycles. The van der Waals surface area contributed by atoms with Crippen molar-refractivity contribution in [3.05, 3.63) is 35.9 Å². The van der Waals surface area contributed by atoms with Crippen molar-refractivity contribution in [1.82, 2.24) is 19.2 Å². The number of nitrogens with zero attached hydrogens (tertiary/aromatic N) is 4. The van der Waals surface area contributed by atoms with Crippen molar-refractivity contribution < 1.29 is 9.53 Å². The monoisotopic (exact) mass is 333 g/mol. The zero-order valence-electron chi connectivity index (χ0n) is 12.9. The van der Waals surface area contributed by atoms with Crippen molar-refractivity contribution in [1.29, 1.82) is 0 Å². The number of aromatic nitrogens is 3. The molecule has 2 aromatic heterocycles. The van der Waals surface area contributed by atoms with Gasteiger partial charge in [0.05, 0.1) is 6.61 Å². The first-order chi connectivity index (χ1) is 11.3. The van der Waals surface area contributed by atoms with Gasteiger partial charge in [0.1, 0.15) is 11.5 Å². The number of pyridine rings is 1. The van der Waals surface area contributed by atoms with Crippen LogP contribution in [0.15, 0.2) is 24.4 Å². The summed E-state index contributed by atoms with van der Waals surface area (Å²) < 4.78 is 9.32. The molecular weight excluding hydrogens is 314 g/mol. The van der Waals surface area contributed by atoms with E-state index in [1.165, 1.54) is 11.5 Å². The molecule has 7 nitrogen and oxygen atoms in total. The minimum atomic E-state index is -0.0204. The first kappa shape index (κ1) is 15.8. The fourth-order valence-electron chi connectivity index (χ4n) is 2.50. The van der Waals surface area contributed by atoms with Crippen LogP contribution in [0.2, 0.25) is 0 Å². The summed E-state index contributed by atoms with van der Waals surface area (Å²) in [6.07, 6.45) is 3.25. The van der Waals surface area contributed by atoms with E-state index in [0.29, 0.717) is 25.3 Å². The molecule has 1 fully saturated rings. The molecule has 0 radical (unpaired) electrons. The first-order valence-electron chi connectivity index (χ1n) is 7.54. The summed E-state index contributed by atoms with van der Waals surface area (Å²) >= 11 is 1.35. The molecule has 1 atom stereocenters. The Morgan fingerprint density at radius 1 is 1.52 bits per heavy atom. The predicted octanol–water partition coefficient (Wildman–Crippen LogP) is 1.45. The van der Waals surface area contributed by atoms with E-state index in [2.05, 4.69) is 19.7 Å². The van der Waals surface area contributed by atoms with Crippen molar-refractivity contribution in [3.8, 4) is 0 Å². The van der Waals surface area contributed by atoms with Crippen LogP contribution in [0.5, 0.6) is 0 Å². The van der Waals surface area contributed by atoms with Gasteiger partial charge in [0.2, 0.25) is 5.13 Å². The van der Waals surface area contributed by atoms with E-state index in [0.717, 1.165) is 23.9 Å². The predicted molar refractivity (Wildman–Crippen MR) is 87.7 cm³/mol. The van der Waals surface area contributed by atoms with Crippen LogP contribution in [-0.4, -0.2) is 58.0 Å². The SMILES string of the molecule is COCCc1nsc(NC2CCN(C(=O)c3ccccn3)C2)n1. The Bertz CT molecular complexity index is 648. The summed E-state index contributed by atoms with van der Waals surface area (Å²) in [4.78, 5) is 22.8. The van der Waals surface area contributed by atoms with Gasteiger partial charge < -0.3 is 15.0 Å². The van der Waals surface area contributed by atoms with Gasteiger partial charge in [-0.1, -0.05) is 6.07 Å². The van der Waals surface area contributed by atoms with E-state index >= 15 is 0 Å². The summed E-state index contributed by atoms with van der Waals surface area (Å²) in [5.41, 5.74) is 0.492. The van der Waals surface area contributed by atoms with Crippen LogP contribution in [0.25, 0.3) is 0 Å². The minimum absolute atomic E-state index is 0.0204. The molecule has 0 bridgehead atoms. The molecular formula is C15H19N5O2S. The van der Waals surface area contributed by atoms with Crippen LogP contribution in [0.4, 0.5) is 5.13 Å². The lowest BCUT2D eigenvalue weighted by molar-refractivity contribution is 0.0786. The molecule has 1 aliphatic rings. The van der Waals surface area contributed by atoms with Gasteiger partial charge in [-0.3, -0.25) is 9.78 Å². The number of amides is 1. The third kappa shape index (κ3) is 4.02. The van der Waals surface area contributed by atoms with Crippen molar-refractivity contribution in [3.63, 3.8) is 0 Å². The Balaban J connectivity index is 1.53. The molecule has 122 valence electrons. The lowest BCUT2D eigenvalue weighted by atomic mass is 10.3. The van der Waals surface area contributed by atoms with Crippen LogP contribution >= 0.6 is 11.5 Å². The average Bonchev–Trinajstić information content (AvgIpc) is 3.23. The van der Waals surface area contributed by atoms with Gasteiger partial charge in [-0.25, -0.2) is 4.98 Å². The zero-order chi connectivity index (χ0) is 16.1. The number of methoxy groups -OCH3 is 1. The van der Waals surface area contributed by atoms with Crippen molar-refractivity contribution in [2.24, 2.45) is 0 Å². The highest BCUT2D eigenvalue weighted by Gasteiger charge is 2.28. The van der Waals surface area contributed by atoms with E-state index in [9.17, 15) is 4.79 Å². The molecule has 1 saturated heterocycles. The Kier molecular flexibility index (Phi) is 5.14. The lowest BCUT2D eigenvalue weighted by Gasteiger charge is -2.16. The van der Waals surface area contributed by atoms with Gasteiger partial charge >= 0.3 is 0 Å². The summed E-state index contributed by atoms with van der Waals surface area (Å²) in [7, 11) is 1.66. The second-order valence-electron chi connectivity index (χ2n) is 5.35. The van der Waals surface area contributed by atoms with Gasteiger partial charge in [-0.15, -0.1) is 0 Å². The lowest BCUT2D eigenvalue weighted by Crippen LogP contribution is -2.32. The maximum Gasteiger partial charge on any atom is 0.272 e. The molecule has 0 spiro atoms. The number of hydrogen-bond donors (Lipinski definition) is 1. The molecule has 2 aromatic rings. The normalized spacial score (nSPS) is 17.4. The largest absolute Gasteiger partial charge is 0.384 e. The van der Waals surface area contributed by atoms with E-state index in [4.69, 9.17) is 4.74 Å². The van der Waals surface area contributed by atoms with Crippen LogP contribution in [0.1, 0.15) is 22.7 Å². The number of carbonyl (C=O) groups excluding carboxylic acids is 1. The van der Waals surface area contributed by atoms with E-state index in [-0.39, 0.29) is 11.9 Å². The summed E-state index contributed by atoms with van der Waals surface area (Å²) in [6, 6.07) is 5.58. The Morgan fingerprint density at radius 2 is 2.43 bits per heavy atom. The van der Waals surface area contributed by atoms with Crippen molar-refractivity contribution in [2.45, 2.75) is 18.9 Å². The average molecular weight is 333 g/mol. The minimum Gasteiger partial charge on any atom is -0.384 e. The second-order valence-corrected chi connectivity index (χ2v) is 6.11. The molecule has 1 N–H and O–H groups in total.